The number of piperidine rings is 1. The van der Waals surface area contributed by atoms with Crippen LogP contribution in [-0.2, 0) is 4.79 Å². The lowest BCUT2D eigenvalue weighted by molar-refractivity contribution is -0.121. The molecule has 0 spiro atoms. The number of nitrogens with two attached hydrogens (primary N) is 1. The molecule has 0 aliphatic carbocycles. The van der Waals surface area contributed by atoms with Crippen LogP contribution in [0.4, 0.5) is 0 Å². The van der Waals surface area contributed by atoms with Gasteiger partial charge in [0, 0.05) is 12.6 Å². The predicted molar refractivity (Wildman–Crippen MR) is 72.1 cm³/mol. The fourth-order valence-electron chi connectivity index (χ4n) is 2.28. The number of hydrogen-bond donors (Lipinski definition) is 3. The Morgan fingerprint density at radius 2 is 2.06 bits per heavy atom. The first-order valence-corrected chi connectivity index (χ1v) is 6.78. The summed E-state index contributed by atoms with van der Waals surface area (Å²) >= 11 is 0. The van der Waals surface area contributed by atoms with E-state index < -0.39 is 5.60 Å². The Morgan fingerprint density at radius 3 is 2.50 bits per heavy atom. The number of aliphatic hydroxyl groups is 1. The molecule has 1 heterocycles. The summed E-state index contributed by atoms with van der Waals surface area (Å²) in [6.45, 7) is 8.46. The normalized spacial score (nSPS) is 21.2. The van der Waals surface area contributed by atoms with E-state index in [0.29, 0.717) is 12.6 Å². The molecule has 0 bridgehead atoms. The molecule has 0 aromatic rings. The summed E-state index contributed by atoms with van der Waals surface area (Å²) in [6, 6.07) is 0.337. The first-order chi connectivity index (χ1) is 8.33. The molecular formula is C13H27N3O2. The second kappa shape index (κ2) is 6.50. The molecule has 1 aliphatic rings. The van der Waals surface area contributed by atoms with Gasteiger partial charge in [-0.2, -0.15) is 0 Å². The van der Waals surface area contributed by atoms with Crippen LogP contribution in [0.3, 0.4) is 0 Å². The van der Waals surface area contributed by atoms with Gasteiger partial charge in [-0.3, -0.25) is 9.69 Å². The minimum absolute atomic E-state index is 0.148. The topological polar surface area (TPSA) is 78.6 Å². The van der Waals surface area contributed by atoms with Gasteiger partial charge in [0.05, 0.1) is 12.1 Å². The van der Waals surface area contributed by atoms with Crippen LogP contribution < -0.4 is 11.1 Å². The number of rotatable bonds is 6. The van der Waals surface area contributed by atoms with Gasteiger partial charge in [-0.05, 0) is 38.8 Å². The van der Waals surface area contributed by atoms with Crippen molar-refractivity contribution in [2.75, 3.05) is 26.2 Å². The molecule has 1 amide bonds. The van der Waals surface area contributed by atoms with E-state index in [1.807, 2.05) is 25.7 Å². The lowest BCUT2D eigenvalue weighted by Gasteiger charge is -2.39. The largest absolute Gasteiger partial charge is 0.389 e. The Labute approximate surface area is 110 Å². The van der Waals surface area contributed by atoms with Gasteiger partial charge in [0.15, 0.2) is 0 Å². The molecule has 0 radical (unpaired) electrons. The van der Waals surface area contributed by atoms with Crippen LogP contribution in [0.2, 0.25) is 0 Å². The highest BCUT2D eigenvalue weighted by Crippen LogP contribution is 2.21. The molecule has 1 fully saturated rings. The fraction of sp³-hybridized carbons (Fsp3) is 0.923. The third-order valence-electron chi connectivity index (χ3n) is 3.95. The van der Waals surface area contributed by atoms with E-state index in [9.17, 15) is 9.90 Å². The van der Waals surface area contributed by atoms with Crippen LogP contribution in [0.5, 0.6) is 0 Å². The van der Waals surface area contributed by atoms with Crippen molar-refractivity contribution in [3.63, 3.8) is 0 Å². The number of hydrogen-bond acceptors (Lipinski definition) is 4. The average Bonchev–Trinajstić information content (AvgIpc) is 2.28. The molecular weight excluding hydrogens is 230 g/mol. The molecule has 0 saturated carbocycles. The Morgan fingerprint density at radius 1 is 1.50 bits per heavy atom. The van der Waals surface area contributed by atoms with E-state index in [1.165, 1.54) is 0 Å². The maximum absolute atomic E-state index is 11.2. The fourth-order valence-corrected chi connectivity index (χ4v) is 2.28. The minimum atomic E-state index is -0.791. The van der Waals surface area contributed by atoms with Gasteiger partial charge in [0.1, 0.15) is 0 Å². The smallest absolute Gasteiger partial charge is 0.231 e. The summed E-state index contributed by atoms with van der Waals surface area (Å²) in [5, 5.41) is 13.7. The molecule has 1 atom stereocenters. The zero-order chi connectivity index (χ0) is 13.8. The number of nitrogens with zero attached hydrogens (tertiary/aromatic N) is 1. The summed E-state index contributed by atoms with van der Waals surface area (Å²) in [7, 11) is 0. The Balaban J connectivity index is 2.68. The molecule has 106 valence electrons. The Bertz CT molecular complexity index is 273. The third kappa shape index (κ3) is 4.55. The molecule has 1 aliphatic heterocycles. The van der Waals surface area contributed by atoms with E-state index in [1.54, 1.807) is 0 Å². The zero-order valence-electron chi connectivity index (χ0n) is 11.8. The summed E-state index contributed by atoms with van der Waals surface area (Å²) < 4.78 is 0. The van der Waals surface area contributed by atoms with Crippen LogP contribution in [-0.4, -0.2) is 53.7 Å². The van der Waals surface area contributed by atoms with Gasteiger partial charge >= 0.3 is 0 Å². The molecule has 18 heavy (non-hydrogen) atoms. The van der Waals surface area contributed by atoms with Crippen LogP contribution in [0, 0.1) is 5.92 Å². The van der Waals surface area contributed by atoms with Crippen LogP contribution >= 0.6 is 0 Å². The van der Waals surface area contributed by atoms with Crippen LogP contribution in [0.25, 0.3) is 0 Å². The van der Waals surface area contributed by atoms with Crippen molar-refractivity contribution in [1.29, 1.82) is 0 Å². The van der Waals surface area contributed by atoms with Crippen molar-refractivity contribution in [1.82, 2.24) is 10.2 Å². The summed E-state index contributed by atoms with van der Waals surface area (Å²) in [4.78, 5) is 13.2. The summed E-state index contributed by atoms with van der Waals surface area (Å²) in [5.41, 5.74) is 4.53. The van der Waals surface area contributed by atoms with Gasteiger partial charge < -0.3 is 16.2 Å². The van der Waals surface area contributed by atoms with Gasteiger partial charge in [-0.1, -0.05) is 13.8 Å². The Hall–Kier alpha value is -0.650. The maximum atomic E-state index is 11.2. The van der Waals surface area contributed by atoms with E-state index in [-0.39, 0.29) is 18.4 Å². The van der Waals surface area contributed by atoms with Crippen molar-refractivity contribution < 1.29 is 9.90 Å². The average molecular weight is 257 g/mol. The van der Waals surface area contributed by atoms with Crippen molar-refractivity contribution in [3.05, 3.63) is 0 Å². The number of carbonyl (C=O) groups is 1. The van der Waals surface area contributed by atoms with Crippen molar-refractivity contribution in [2.24, 2.45) is 11.7 Å². The van der Waals surface area contributed by atoms with Gasteiger partial charge in [0.25, 0.3) is 0 Å². The molecule has 0 aromatic heterocycles. The first-order valence-electron chi connectivity index (χ1n) is 6.78. The minimum Gasteiger partial charge on any atom is -0.389 e. The second-order valence-corrected chi connectivity index (χ2v) is 5.86. The van der Waals surface area contributed by atoms with Gasteiger partial charge in [-0.15, -0.1) is 0 Å². The number of primary amides is 1. The molecule has 5 heteroatoms. The number of nitrogens with one attached hydrogen (secondary N) is 1. The highest BCUT2D eigenvalue weighted by atomic mass is 16.3. The summed E-state index contributed by atoms with van der Waals surface area (Å²) in [5.74, 6) is -0.178. The highest BCUT2D eigenvalue weighted by Gasteiger charge is 2.32. The molecule has 4 N–H and O–H groups in total. The molecule has 1 saturated heterocycles. The SMILES string of the molecule is CC(C)C(C)(O)CN(CC(N)=O)C1CCNCC1. The Kier molecular flexibility index (Phi) is 5.56. The van der Waals surface area contributed by atoms with Crippen molar-refractivity contribution in [2.45, 2.75) is 45.3 Å². The van der Waals surface area contributed by atoms with E-state index >= 15 is 0 Å². The van der Waals surface area contributed by atoms with Crippen LogP contribution in [0.1, 0.15) is 33.6 Å². The van der Waals surface area contributed by atoms with E-state index in [4.69, 9.17) is 5.73 Å². The highest BCUT2D eigenvalue weighted by molar-refractivity contribution is 5.76. The van der Waals surface area contributed by atoms with E-state index in [0.717, 1.165) is 25.9 Å². The molecule has 0 aromatic carbocycles. The quantitative estimate of drug-likeness (QED) is 0.622. The standard InChI is InChI=1S/C13H27N3O2/c1-10(2)13(3,18)9-16(8-12(14)17)11-4-6-15-7-5-11/h10-11,15,18H,4-9H2,1-3H3,(H2,14,17). The van der Waals surface area contributed by atoms with Crippen molar-refractivity contribution in [3.8, 4) is 0 Å². The predicted octanol–water partition coefficient (Wildman–Crippen LogP) is -0.0673. The molecule has 1 rings (SSSR count). The third-order valence-corrected chi connectivity index (χ3v) is 3.95. The summed E-state index contributed by atoms with van der Waals surface area (Å²) in [6.07, 6.45) is 2.00. The lowest BCUT2D eigenvalue weighted by Crippen LogP contribution is -2.53. The lowest BCUT2D eigenvalue weighted by atomic mass is 9.90. The van der Waals surface area contributed by atoms with Gasteiger partial charge in [-0.25, -0.2) is 0 Å². The molecule has 1 unspecified atom stereocenters. The van der Waals surface area contributed by atoms with Gasteiger partial charge in [0.2, 0.25) is 5.91 Å². The zero-order valence-corrected chi connectivity index (χ0v) is 11.8. The maximum Gasteiger partial charge on any atom is 0.231 e. The molecule has 5 nitrogen and oxygen atoms in total. The second-order valence-electron chi connectivity index (χ2n) is 5.86. The first kappa shape index (κ1) is 15.4. The van der Waals surface area contributed by atoms with E-state index in [2.05, 4.69) is 5.32 Å². The van der Waals surface area contributed by atoms with Crippen molar-refractivity contribution >= 4 is 5.91 Å². The van der Waals surface area contributed by atoms with Crippen LogP contribution in [0.15, 0.2) is 0 Å². The number of amides is 1. The number of carbonyl (C=O) groups excluding carboxylic acids is 1. The monoisotopic (exact) mass is 257 g/mol.